The molecule has 1 aromatic rings. The quantitative estimate of drug-likeness (QED) is 0.924. The molecule has 0 amide bonds. The van der Waals surface area contributed by atoms with Gasteiger partial charge in [0.1, 0.15) is 6.17 Å². The van der Waals surface area contributed by atoms with Crippen LogP contribution in [0, 0.1) is 0 Å². The molecule has 2 atom stereocenters. The van der Waals surface area contributed by atoms with E-state index in [2.05, 4.69) is 5.32 Å². The Bertz CT molecular complexity index is 484. The van der Waals surface area contributed by atoms with Crippen molar-refractivity contribution in [1.82, 2.24) is 5.32 Å². The largest absolute Gasteiger partial charge is 0.490 e. The van der Waals surface area contributed by atoms with E-state index in [1.54, 1.807) is 6.92 Å². The van der Waals surface area contributed by atoms with Crippen molar-refractivity contribution in [3.05, 3.63) is 23.3 Å². The highest BCUT2D eigenvalue weighted by atomic mass is 19.1. The number of rotatable bonds is 3. The van der Waals surface area contributed by atoms with Crippen LogP contribution in [-0.4, -0.2) is 25.8 Å². The van der Waals surface area contributed by atoms with E-state index in [9.17, 15) is 4.39 Å². The summed E-state index contributed by atoms with van der Waals surface area (Å²) in [4.78, 5) is 0. The van der Waals surface area contributed by atoms with Gasteiger partial charge in [-0.25, -0.2) is 4.39 Å². The number of alkyl halides is 1. The zero-order valence-electron chi connectivity index (χ0n) is 12.7. The Hall–Kier alpha value is -1.29. The average Bonchev–Trinajstić information content (AvgIpc) is 2.72. The van der Waals surface area contributed by atoms with Crippen LogP contribution in [-0.2, 0) is 6.42 Å². The van der Waals surface area contributed by atoms with E-state index in [0.29, 0.717) is 25.0 Å². The topological polar surface area (TPSA) is 30.5 Å². The Labute approximate surface area is 125 Å². The van der Waals surface area contributed by atoms with Crippen LogP contribution < -0.4 is 14.8 Å². The Morgan fingerprint density at radius 1 is 1.19 bits per heavy atom. The van der Waals surface area contributed by atoms with E-state index >= 15 is 0 Å². The molecule has 4 heteroatoms. The highest BCUT2D eigenvalue weighted by Gasteiger charge is 2.21. The van der Waals surface area contributed by atoms with E-state index in [1.807, 2.05) is 12.1 Å². The molecule has 3 rings (SSSR count). The Kier molecular flexibility index (Phi) is 4.63. The summed E-state index contributed by atoms with van der Waals surface area (Å²) in [5.74, 6) is 1.45. The van der Waals surface area contributed by atoms with Crippen LogP contribution in [0.4, 0.5) is 4.39 Å². The van der Waals surface area contributed by atoms with E-state index in [4.69, 9.17) is 9.47 Å². The standard InChI is InChI=1S/C17H24FNO2/c1-12(18)15-11-17-16(20-7-4-8-21-17)10-13(15)9-14-5-2-3-6-19-14/h10-12,14,19H,2-9H2,1H3. The minimum atomic E-state index is -0.985. The number of benzene rings is 1. The molecule has 0 aliphatic carbocycles. The first-order valence-corrected chi connectivity index (χ1v) is 8.04. The highest BCUT2D eigenvalue weighted by Crippen LogP contribution is 2.36. The van der Waals surface area contributed by atoms with Crippen molar-refractivity contribution < 1.29 is 13.9 Å². The predicted octanol–water partition coefficient (Wildman–Crippen LogP) is 3.56. The van der Waals surface area contributed by atoms with Gasteiger partial charge < -0.3 is 14.8 Å². The highest BCUT2D eigenvalue weighted by molar-refractivity contribution is 5.48. The van der Waals surface area contributed by atoms with E-state index in [0.717, 1.165) is 42.7 Å². The Morgan fingerprint density at radius 3 is 2.62 bits per heavy atom. The van der Waals surface area contributed by atoms with Crippen molar-refractivity contribution in [1.29, 1.82) is 0 Å². The van der Waals surface area contributed by atoms with E-state index < -0.39 is 6.17 Å². The second kappa shape index (κ2) is 6.65. The van der Waals surface area contributed by atoms with Crippen molar-refractivity contribution >= 4 is 0 Å². The Balaban J connectivity index is 1.87. The van der Waals surface area contributed by atoms with Crippen molar-refractivity contribution in [3.63, 3.8) is 0 Å². The van der Waals surface area contributed by atoms with Gasteiger partial charge in [0, 0.05) is 12.5 Å². The fourth-order valence-electron chi connectivity index (χ4n) is 3.18. The van der Waals surface area contributed by atoms with E-state index in [1.165, 1.54) is 12.8 Å². The molecule has 2 aliphatic heterocycles. The van der Waals surface area contributed by atoms with Gasteiger partial charge in [-0.3, -0.25) is 0 Å². The second-order valence-electron chi connectivity index (χ2n) is 6.02. The molecule has 0 bridgehead atoms. The summed E-state index contributed by atoms with van der Waals surface area (Å²) in [5, 5.41) is 3.53. The SMILES string of the molecule is CC(F)c1cc2c(cc1CC1CCCCN1)OCCCO2. The van der Waals surface area contributed by atoms with Crippen molar-refractivity contribution in [2.45, 2.75) is 51.2 Å². The van der Waals surface area contributed by atoms with Crippen LogP contribution in [0.25, 0.3) is 0 Å². The summed E-state index contributed by atoms with van der Waals surface area (Å²) >= 11 is 0. The van der Waals surface area contributed by atoms with Crippen LogP contribution in [0.2, 0.25) is 0 Å². The van der Waals surface area contributed by atoms with Gasteiger partial charge in [0.05, 0.1) is 13.2 Å². The van der Waals surface area contributed by atoms with Gasteiger partial charge in [0.25, 0.3) is 0 Å². The third kappa shape index (κ3) is 3.49. The lowest BCUT2D eigenvalue weighted by Gasteiger charge is -2.25. The van der Waals surface area contributed by atoms with Crippen molar-refractivity contribution in [2.75, 3.05) is 19.8 Å². The first kappa shape index (κ1) is 14.6. The third-order valence-corrected chi connectivity index (χ3v) is 4.32. The lowest BCUT2D eigenvalue weighted by molar-refractivity contribution is 0.296. The number of fused-ring (bicyclic) bond motifs is 1. The molecule has 2 heterocycles. The van der Waals surface area contributed by atoms with Gasteiger partial charge in [-0.2, -0.15) is 0 Å². The number of piperidine rings is 1. The molecule has 1 fully saturated rings. The van der Waals surface area contributed by atoms with Crippen molar-refractivity contribution in [2.24, 2.45) is 0 Å². The zero-order valence-corrected chi connectivity index (χ0v) is 12.7. The van der Waals surface area contributed by atoms with Crippen LogP contribution in [0.3, 0.4) is 0 Å². The first-order chi connectivity index (χ1) is 10.2. The summed E-state index contributed by atoms with van der Waals surface area (Å²) < 4.78 is 25.4. The molecular weight excluding hydrogens is 269 g/mol. The van der Waals surface area contributed by atoms with E-state index in [-0.39, 0.29) is 0 Å². The molecule has 3 nitrogen and oxygen atoms in total. The molecule has 1 N–H and O–H groups in total. The molecule has 0 spiro atoms. The monoisotopic (exact) mass is 293 g/mol. The lowest BCUT2D eigenvalue weighted by Crippen LogP contribution is -2.35. The normalized spacial score (nSPS) is 23.4. The number of hydrogen-bond donors (Lipinski definition) is 1. The molecule has 116 valence electrons. The minimum absolute atomic E-state index is 0.445. The fourth-order valence-corrected chi connectivity index (χ4v) is 3.18. The number of halogens is 1. The molecular formula is C17H24FNO2. The lowest BCUT2D eigenvalue weighted by atomic mass is 9.93. The van der Waals surface area contributed by atoms with Gasteiger partial charge in [-0.15, -0.1) is 0 Å². The number of hydrogen-bond acceptors (Lipinski definition) is 3. The molecule has 1 aromatic carbocycles. The van der Waals surface area contributed by atoms with Gasteiger partial charge in [-0.1, -0.05) is 6.42 Å². The maximum absolute atomic E-state index is 14.0. The van der Waals surface area contributed by atoms with Gasteiger partial charge in [0.15, 0.2) is 11.5 Å². The first-order valence-electron chi connectivity index (χ1n) is 8.04. The summed E-state index contributed by atoms with van der Waals surface area (Å²) in [6.45, 7) is 3.96. The third-order valence-electron chi connectivity index (χ3n) is 4.32. The predicted molar refractivity (Wildman–Crippen MR) is 80.9 cm³/mol. The summed E-state index contributed by atoms with van der Waals surface area (Å²) in [7, 11) is 0. The number of nitrogens with one attached hydrogen (secondary N) is 1. The molecule has 21 heavy (non-hydrogen) atoms. The van der Waals surface area contributed by atoms with Gasteiger partial charge in [-0.05, 0) is 56.0 Å². The maximum Gasteiger partial charge on any atom is 0.161 e. The van der Waals surface area contributed by atoms with Crippen LogP contribution in [0.5, 0.6) is 11.5 Å². The molecule has 0 saturated carbocycles. The Morgan fingerprint density at radius 2 is 1.95 bits per heavy atom. The van der Waals surface area contributed by atoms with Gasteiger partial charge >= 0.3 is 0 Å². The summed E-state index contributed by atoms with van der Waals surface area (Å²) in [6.07, 6.45) is 4.40. The fraction of sp³-hybridized carbons (Fsp3) is 0.647. The maximum atomic E-state index is 14.0. The second-order valence-corrected chi connectivity index (χ2v) is 6.02. The number of ether oxygens (including phenoxy) is 2. The molecule has 0 aromatic heterocycles. The van der Waals surface area contributed by atoms with Crippen LogP contribution in [0.1, 0.15) is 49.9 Å². The molecule has 2 unspecified atom stereocenters. The zero-order chi connectivity index (χ0) is 14.7. The van der Waals surface area contributed by atoms with Crippen molar-refractivity contribution in [3.8, 4) is 11.5 Å². The van der Waals surface area contributed by atoms with Crippen LogP contribution >= 0.6 is 0 Å². The van der Waals surface area contributed by atoms with Crippen LogP contribution in [0.15, 0.2) is 12.1 Å². The molecule has 0 radical (unpaired) electrons. The summed E-state index contributed by atoms with van der Waals surface area (Å²) in [6, 6.07) is 4.27. The molecule has 2 aliphatic rings. The summed E-state index contributed by atoms with van der Waals surface area (Å²) in [5.41, 5.74) is 1.79. The average molecular weight is 293 g/mol. The minimum Gasteiger partial charge on any atom is -0.490 e. The smallest absolute Gasteiger partial charge is 0.161 e. The molecule has 1 saturated heterocycles. The van der Waals surface area contributed by atoms with Gasteiger partial charge in [0.2, 0.25) is 0 Å².